The van der Waals surface area contributed by atoms with Crippen molar-refractivity contribution in [3.8, 4) is 11.8 Å². The van der Waals surface area contributed by atoms with E-state index in [1.165, 1.54) is 23.3 Å². The third-order valence-corrected chi connectivity index (χ3v) is 4.73. The van der Waals surface area contributed by atoms with Crippen molar-refractivity contribution in [3.63, 3.8) is 0 Å². The second-order valence-electron chi connectivity index (χ2n) is 5.66. The second-order valence-corrected chi connectivity index (χ2v) is 6.40. The number of cyclic esters (lactones) is 1. The van der Waals surface area contributed by atoms with E-state index in [1.54, 1.807) is 41.9 Å². The summed E-state index contributed by atoms with van der Waals surface area (Å²) in [6, 6.07) is 8.71. The Kier molecular flexibility index (Phi) is 5.09. The number of thiophene rings is 1. The van der Waals surface area contributed by atoms with Gasteiger partial charge in [0.15, 0.2) is 6.10 Å². The van der Waals surface area contributed by atoms with Gasteiger partial charge in [-0.15, -0.1) is 11.3 Å². The molecule has 1 amide bonds. The number of amides is 1. The molecule has 26 heavy (non-hydrogen) atoms. The SMILES string of the molecule is COC(=O)c1cscc1OC(C)C1CN(c2ccc(C#N)cc2)C(=O)O1. The predicted molar refractivity (Wildman–Crippen MR) is 94.5 cm³/mol. The fourth-order valence-corrected chi connectivity index (χ4v) is 3.29. The van der Waals surface area contributed by atoms with Gasteiger partial charge in [-0.05, 0) is 31.2 Å². The molecule has 3 rings (SSSR count). The van der Waals surface area contributed by atoms with E-state index in [0.29, 0.717) is 29.1 Å². The Morgan fingerprint density at radius 2 is 2.12 bits per heavy atom. The van der Waals surface area contributed by atoms with Crippen LogP contribution in [0, 0.1) is 11.3 Å². The highest BCUT2D eigenvalue weighted by atomic mass is 32.1. The quantitative estimate of drug-likeness (QED) is 0.749. The monoisotopic (exact) mass is 372 g/mol. The van der Waals surface area contributed by atoms with Gasteiger partial charge in [-0.1, -0.05) is 0 Å². The molecule has 1 saturated heterocycles. The van der Waals surface area contributed by atoms with Crippen LogP contribution in [0.5, 0.6) is 5.75 Å². The maximum Gasteiger partial charge on any atom is 0.414 e. The van der Waals surface area contributed by atoms with Crippen LogP contribution in [0.15, 0.2) is 35.0 Å². The second kappa shape index (κ2) is 7.45. The van der Waals surface area contributed by atoms with Gasteiger partial charge in [-0.3, -0.25) is 4.90 Å². The summed E-state index contributed by atoms with van der Waals surface area (Å²) < 4.78 is 16.0. The van der Waals surface area contributed by atoms with Gasteiger partial charge >= 0.3 is 12.1 Å². The zero-order chi connectivity index (χ0) is 18.7. The largest absolute Gasteiger partial charge is 0.485 e. The molecule has 0 saturated carbocycles. The first kappa shape index (κ1) is 17.8. The zero-order valence-electron chi connectivity index (χ0n) is 14.2. The molecule has 2 unspecified atom stereocenters. The number of rotatable bonds is 5. The number of nitrogens with zero attached hydrogens (tertiary/aromatic N) is 2. The summed E-state index contributed by atoms with van der Waals surface area (Å²) in [5.41, 5.74) is 1.51. The number of carbonyl (C=O) groups is 2. The average Bonchev–Trinajstić information content (AvgIpc) is 3.27. The molecule has 7 nitrogen and oxygen atoms in total. The number of hydrogen-bond donors (Lipinski definition) is 0. The lowest BCUT2D eigenvalue weighted by Crippen LogP contribution is -2.33. The van der Waals surface area contributed by atoms with Crippen molar-refractivity contribution in [2.24, 2.45) is 0 Å². The summed E-state index contributed by atoms with van der Waals surface area (Å²) in [5, 5.41) is 12.2. The summed E-state index contributed by atoms with van der Waals surface area (Å²) in [4.78, 5) is 25.4. The van der Waals surface area contributed by atoms with Gasteiger partial charge in [0.05, 0.1) is 25.3 Å². The smallest absolute Gasteiger partial charge is 0.414 e. The van der Waals surface area contributed by atoms with Gasteiger partial charge in [-0.25, -0.2) is 9.59 Å². The normalized spacial score (nSPS) is 17.3. The van der Waals surface area contributed by atoms with E-state index < -0.39 is 24.3 Å². The van der Waals surface area contributed by atoms with Crippen molar-refractivity contribution in [1.82, 2.24) is 0 Å². The highest BCUT2D eigenvalue weighted by Gasteiger charge is 2.37. The van der Waals surface area contributed by atoms with Gasteiger partial charge in [0, 0.05) is 16.4 Å². The maximum absolute atomic E-state index is 12.2. The van der Waals surface area contributed by atoms with E-state index in [4.69, 9.17) is 19.5 Å². The Morgan fingerprint density at radius 3 is 2.77 bits per heavy atom. The van der Waals surface area contributed by atoms with Crippen LogP contribution in [0.4, 0.5) is 10.5 Å². The van der Waals surface area contributed by atoms with Crippen LogP contribution in [0.3, 0.4) is 0 Å². The molecule has 1 aliphatic heterocycles. The molecule has 1 aromatic carbocycles. The van der Waals surface area contributed by atoms with Gasteiger partial charge in [-0.2, -0.15) is 5.26 Å². The highest BCUT2D eigenvalue weighted by molar-refractivity contribution is 7.08. The third-order valence-electron chi connectivity index (χ3n) is 4.01. The Bertz CT molecular complexity index is 855. The molecule has 8 heteroatoms. The minimum absolute atomic E-state index is 0.309. The van der Waals surface area contributed by atoms with Crippen LogP contribution in [0.1, 0.15) is 22.8 Å². The van der Waals surface area contributed by atoms with Gasteiger partial charge in [0.25, 0.3) is 0 Å². The molecule has 0 spiro atoms. The Balaban J connectivity index is 1.69. The van der Waals surface area contributed by atoms with Crippen molar-refractivity contribution in [2.45, 2.75) is 19.1 Å². The predicted octanol–water partition coefficient (Wildman–Crippen LogP) is 3.20. The van der Waals surface area contributed by atoms with E-state index >= 15 is 0 Å². The van der Waals surface area contributed by atoms with Crippen LogP contribution in [-0.2, 0) is 9.47 Å². The van der Waals surface area contributed by atoms with E-state index in [2.05, 4.69) is 0 Å². The molecular weight excluding hydrogens is 356 g/mol. The lowest BCUT2D eigenvalue weighted by Gasteiger charge is -2.19. The van der Waals surface area contributed by atoms with E-state index in [9.17, 15) is 9.59 Å². The van der Waals surface area contributed by atoms with Crippen LogP contribution in [0.25, 0.3) is 0 Å². The first-order valence-corrected chi connectivity index (χ1v) is 8.77. The molecule has 0 radical (unpaired) electrons. The molecule has 0 N–H and O–H groups in total. The Morgan fingerprint density at radius 1 is 1.38 bits per heavy atom. The summed E-state index contributed by atoms with van der Waals surface area (Å²) in [6.45, 7) is 2.09. The molecule has 1 aliphatic rings. The lowest BCUT2D eigenvalue weighted by molar-refractivity contribution is 0.0517. The summed E-state index contributed by atoms with van der Waals surface area (Å²) in [5.74, 6) is -0.0710. The highest BCUT2D eigenvalue weighted by Crippen LogP contribution is 2.29. The molecule has 134 valence electrons. The summed E-state index contributed by atoms with van der Waals surface area (Å²) >= 11 is 1.33. The van der Waals surface area contributed by atoms with Gasteiger partial charge < -0.3 is 14.2 Å². The molecule has 2 aromatic rings. The standard InChI is InChI=1S/C18H16N2O5S/c1-11(24-16-10-26-9-14(16)17(21)23-2)15-8-20(18(22)25-15)13-5-3-12(7-19)4-6-13/h3-6,9-11,15H,8H2,1-2H3. The minimum Gasteiger partial charge on any atom is -0.485 e. The minimum atomic E-state index is -0.497. The molecule has 0 aliphatic carbocycles. The number of anilines is 1. The molecule has 2 heterocycles. The summed E-state index contributed by atoms with van der Waals surface area (Å²) in [7, 11) is 1.31. The molecular formula is C18H16N2O5S. The first-order valence-electron chi connectivity index (χ1n) is 7.83. The molecule has 1 fully saturated rings. The fourth-order valence-electron chi connectivity index (χ4n) is 2.57. The van der Waals surface area contributed by atoms with Crippen LogP contribution in [0.2, 0.25) is 0 Å². The van der Waals surface area contributed by atoms with Gasteiger partial charge in [0.2, 0.25) is 0 Å². The first-order chi connectivity index (χ1) is 12.5. The summed E-state index contributed by atoms with van der Waals surface area (Å²) in [6.07, 6.45) is -1.43. The van der Waals surface area contributed by atoms with E-state index in [0.717, 1.165) is 0 Å². The van der Waals surface area contributed by atoms with Crippen molar-refractivity contribution in [1.29, 1.82) is 5.26 Å². The topological polar surface area (TPSA) is 88.9 Å². The third kappa shape index (κ3) is 3.48. The van der Waals surface area contributed by atoms with Gasteiger partial charge in [0.1, 0.15) is 17.4 Å². The van der Waals surface area contributed by atoms with Crippen LogP contribution < -0.4 is 9.64 Å². The molecule has 0 bridgehead atoms. The van der Waals surface area contributed by atoms with Crippen molar-refractivity contribution in [3.05, 3.63) is 46.2 Å². The number of nitriles is 1. The Labute approximate surface area is 154 Å². The average molecular weight is 372 g/mol. The van der Waals surface area contributed by atoms with E-state index in [1.807, 2.05) is 6.07 Å². The van der Waals surface area contributed by atoms with Crippen molar-refractivity contribution < 1.29 is 23.8 Å². The number of carbonyl (C=O) groups excluding carboxylic acids is 2. The number of benzene rings is 1. The maximum atomic E-state index is 12.2. The van der Waals surface area contributed by atoms with Crippen LogP contribution in [-0.4, -0.2) is 37.9 Å². The molecule has 2 atom stereocenters. The lowest BCUT2D eigenvalue weighted by atomic mass is 10.2. The van der Waals surface area contributed by atoms with Crippen molar-refractivity contribution >= 4 is 29.1 Å². The number of ether oxygens (including phenoxy) is 3. The Hall–Kier alpha value is -3.05. The molecule has 1 aromatic heterocycles. The number of methoxy groups -OCH3 is 1. The van der Waals surface area contributed by atoms with Crippen molar-refractivity contribution in [2.75, 3.05) is 18.6 Å². The fraction of sp³-hybridized carbons (Fsp3) is 0.278. The number of hydrogen-bond acceptors (Lipinski definition) is 7. The van der Waals surface area contributed by atoms with Crippen LogP contribution >= 0.6 is 11.3 Å². The number of esters is 1. The van der Waals surface area contributed by atoms with E-state index in [-0.39, 0.29) is 0 Å². The zero-order valence-corrected chi connectivity index (χ0v) is 15.0.